The molecular weight excluding hydrogens is 238 g/mol. The molecule has 4 nitrogen and oxygen atoms in total. The fraction of sp³-hybridized carbons (Fsp3) is 0.250. The molecule has 1 unspecified atom stereocenters. The van der Waals surface area contributed by atoms with Crippen molar-refractivity contribution >= 4 is 28.7 Å². The molecule has 1 aromatic rings. The molecule has 1 aromatic carbocycles. The lowest BCUT2D eigenvalue weighted by atomic mass is 10.2. The molecule has 1 amide bonds. The van der Waals surface area contributed by atoms with Crippen LogP contribution in [0.5, 0.6) is 0 Å². The molecule has 0 aromatic heterocycles. The van der Waals surface area contributed by atoms with Gasteiger partial charge in [0.2, 0.25) is 0 Å². The Morgan fingerprint density at radius 2 is 2.12 bits per heavy atom. The van der Waals surface area contributed by atoms with Crippen molar-refractivity contribution in [3.8, 4) is 0 Å². The standard InChI is InChI=1S/C12H11NO3S/c1-2-16-12(15)9-10(14)13-11(17-9)8-6-4-3-5-7-8/h3-7,9H,2H2,1H3. The molecule has 0 fully saturated rings. The first-order chi connectivity index (χ1) is 8.22. The van der Waals surface area contributed by atoms with Gasteiger partial charge in [0, 0.05) is 5.56 Å². The lowest BCUT2D eigenvalue weighted by Crippen LogP contribution is -2.25. The minimum absolute atomic E-state index is 0.268. The number of esters is 1. The zero-order valence-electron chi connectivity index (χ0n) is 9.25. The molecule has 1 atom stereocenters. The third kappa shape index (κ3) is 2.55. The maximum Gasteiger partial charge on any atom is 0.329 e. The molecule has 88 valence electrons. The van der Waals surface area contributed by atoms with Crippen LogP contribution >= 0.6 is 11.8 Å². The van der Waals surface area contributed by atoms with Crippen LogP contribution in [0.15, 0.2) is 35.3 Å². The van der Waals surface area contributed by atoms with E-state index < -0.39 is 17.1 Å². The fourth-order valence-corrected chi connectivity index (χ4v) is 2.38. The van der Waals surface area contributed by atoms with Gasteiger partial charge < -0.3 is 4.74 Å². The van der Waals surface area contributed by atoms with E-state index >= 15 is 0 Å². The highest BCUT2D eigenvalue weighted by Crippen LogP contribution is 2.27. The molecule has 0 spiro atoms. The van der Waals surface area contributed by atoms with Crippen molar-refractivity contribution in [2.45, 2.75) is 12.2 Å². The van der Waals surface area contributed by atoms with Crippen LogP contribution in [-0.4, -0.2) is 28.8 Å². The quantitative estimate of drug-likeness (QED) is 0.603. The summed E-state index contributed by atoms with van der Waals surface area (Å²) < 4.78 is 4.83. The van der Waals surface area contributed by atoms with Crippen molar-refractivity contribution < 1.29 is 14.3 Å². The van der Waals surface area contributed by atoms with Crippen LogP contribution in [0.3, 0.4) is 0 Å². The molecule has 17 heavy (non-hydrogen) atoms. The summed E-state index contributed by atoms with van der Waals surface area (Å²) in [5.41, 5.74) is 0.845. The summed E-state index contributed by atoms with van der Waals surface area (Å²) >= 11 is 1.15. The Morgan fingerprint density at radius 1 is 1.41 bits per heavy atom. The van der Waals surface area contributed by atoms with E-state index in [4.69, 9.17) is 4.74 Å². The van der Waals surface area contributed by atoms with E-state index in [-0.39, 0.29) is 6.61 Å². The minimum Gasteiger partial charge on any atom is -0.465 e. The highest BCUT2D eigenvalue weighted by Gasteiger charge is 2.36. The van der Waals surface area contributed by atoms with Crippen LogP contribution in [0.2, 0.25) is 0 Å². The number of rotatable bonds is 3. The van der Waals surface area contributed by atoms with Crippen molar-refractivity contribution in [3.63, 3.8) is 0 Å². The van der Waals surface area contributed by atoms with Gasteiger partial charge in [-0.25, -0.2) is 4.99 Å². The van der Waals surface area contributed by atoms with Crippen molar-refractivity contribution in [1.29, 1.82) is 0 Å². The first-order valence-electron chi connectivity index (χ1n) is 5.23. The summed E-state index contributed by atoms with van der Waals surface area (Å²) in [6, 6.07) is 9.31. The van der Waals surface area contributed by atoms with Crippen LogP contribution in [0.4, 0.5) is 0 Å². The fourth-order valence-electron chi connectivity index (χ4n) is 1.43. The predicted molar refractivity (Wildman–Crippen MR) is 66.0 cm³/mol. The first-order valence-corrected chi connectivity index (χ1v) is 6.11. The van der Waals surface area contributed by atoms with E-state index in [1.807, 2.05) is 30.3 Å². The second-order valence-corrected chi connectivity index (χ2v) is 4.46. The highest BCUT2D eigenvalue weighted by molar-refractivity contribution is 8.16. The van der Waals surface area contributed by atoms with Gasteiger partial charge in [0.15, 0.2) is 5.25 Å². The van der Waals surface area contributed by atoms with E-state index in [1.54, 1.807) is 6.92 Å². The number of nitrogens with zero attached hydrogens (tertiary/aromatic N) is 1. The first kappa shape index (κ1) is 11.9. The van der Waals surface area contributed by atoms with Crippen molar-refractivity contribution in [2.24, 2.45) is 4.99 Å². The molecule has 0 saturated carbocycles. The zero-order valence-corrected chi connectivity index (χ0v) is 10.1. The van der Waals surface area contributed by atoms with E-state index in [0.717, 1.165) is 17.3 Å². The Kier molecular flexibility index (Phi) is 3.58. The maximum absolute atomic E-state index is 11.6. The number of benzene rings is 1. The van der Waals surface area contributed by atoms with E-state index in [0.29, 0.717) is 5.04 Å². The Morgan fingerprint density at radius 3 is 2.76 bits per heavy atom. The SMILES string of the molecule is CCOC(=O)C1SC(c2ccccc2)=NC1=O. The number of hydrogen-bond acceptors (Lipinski definition) is 4. The summed E-state index contributed by atoms with van der Waals surface area (Å²) in [5, 5.41) is -0.265. The van der Waals surface area contributed by atoms with E-state index in [2.05, 4.69) is 4.99 Å². The van der Waals surface area contributed by atoms with Gasteiger partial charge in [-0.05, 0) is 6.92 Å². The molecule has 0 saturated heterocycles. The summed E-state index contributed by atoms with van der Waals surface area (Å²) in [5.74, 6) is -0.954. The number of aliphatic imine (C=N–C) groups is 1. The van der Waals surface area contributed by atoms with Gasteiger partial charge >= 0.3 is 5.97 Å². The van der Waals surface area contributed by atoms with Crippen molar-refractivity contribution in [3.05, 3.63) is 35.9 Å². The number of carbonyl (C=O) groups is 2. The summed E-state index contributed by atoms with van der Waals surface area (Å²) in [6.45, 7) is 1.98. The summed E-state index contributed by atoms with van der Waals surface area (Å²) in [6.07, 6.45) is 0. The number of amides is 1. The Labute approximate surface area is 103 Å². The highest BCUT2D eigenvalue weighted by atomic mass is 32.2. The van der Waals surface area contributed by atoms with Crippen molar-refractivity contribution in [2.75, 3.05) is 6.61 Å². The molecule has 5 heteroatoms. The summed E-state index contributed by atoms with van der Waals surface area (Å²) in [4.78, 5) is 26.9. The molecular formula is C12H11NO3S. The third-order valence-electron chi connectivity index (χ3n) is 2.19. The van der Waals surface area contributed by atoms with Crippen LogP contribution in [-0.2, 0) is 14.3 Å². The van der Waals surface area contributed by atoms with Gasteiger partial charge in [-0.3, -0.25) is 9.59 Å². The molecule has 0 bridgehead atoms. The molecule has 1 aliphatic heterocycles. The summed E-state index contributed by atoms with van der Waals surface area (Å²) in [7, 11) is 0. The Balaban J connectivity index is 2.13. The van der Waals surface area contributed by atoms with Gasteiger partial charge in [-0.15, -0.1) is 0 Å². The smallest absolute Gasteiger partial charge is 0.329 e. The van der Waals surface area contributed by atoms with Crippen LogP contribution in [0.1, 0.15) is 12.5 Å². The Bertz CT molecular complexity index is 470. The number of thioether (sulfide) groups is 1. The molecule has 2 rings (SSSR count). The maximum atomic E-state index is 11.6. The van der Waals surface area contributed by atoms with Crippen LogP contribution in [0.25, 0.3) is 0 Å². The molecule has 1 aliphatic rings. The number of carbonyl (C=O) groups excluding carboxylic acids is 2. The normalized spacial score (nSPS) is 19.0. The third-order valence-corrected chi connectivity index (χ3v) is 3.37. The Hall–Kier alpha value is -1.62. The van der Waals surface area contributed by atoms with Crippen LogP contribution in [0, 0.1) is 0 Å². The number of ether oxygens (including phenoxy) is 1. The molecule has 0 radical (unpaired) electrons. The molecule has 0 N–H and O–H groups in total. The van der Waals surface area contributed by atoms with Gasteiger partial charge in [0.05, 0.1) is 6.61 Å². The monoisotopic (exact) mass is 249 g/mol. The van der Waals surface area contributed by atoms with Crippen molar-refractivity contribution in [1.82, 2.24) is 0 Å². The van der Waals surface area contributed by atoms with E-state index in [9.17, 15) is 9.59 Å². The predicted octanol–water partition coefficient (Wildman–Crippen LogP) is 1.64. The zero-order chi connectivity index (χ0) is 12.3. The molecule has 1 heterocycles. The minimum atomic E-state index is -0.842. The second kappa shape index (κ2) is 5.14. The van der Waals surface area contributed by atoms with Crippen LogP contribution < -0.4 is 0 Å². The molecule has 0 aliphatic carbocycles. The van der Waals surface area contributed by atoms with Gasteiger partial charge in [-0.2, -0.15) is 0 Å². The topological polar surface area (TPSA) is 55.7 Å². The van der Waals surface area contributed by atoms with Gasteiger partial charge in [0.1, 0.15) is 5.04 Å². The number of hydrogen-bond donors (Lipinski definition) is 0. The van der Waals surface area contributed by atoms with Gasteiger partial charge in [-0.1, -0.05) is 42.1 Å². The average molecular weight is 249 g/mol. The lowest BCUT2D eigenvalue weighted by molar-refractivity contribution is -0.144. The second-order valence-electron chi connectivity index (χ2n) is 3.37. The van der Waals surface area contributed by atoms with Gasteiger partial charge in [0.25, 0.3) is 5.91 Å². The lowest BCUT2D eigenvalue weighted by Gasteiger charge is -2.05. The average Bonchev–Trinajstić information content (AvgIpc) is 2.73. The van der Waals surface area contributed by atoms with E-state index in [1.165, 1.54) is 0 Å². The largest absolute Gasteiger partial charge is 0.465 e.